The van der Waals surface area contributed by atoms with E-state index in [0.29, 0.717) is 30.8 Å². The Bertz CT molecular complexity index is 1580. The molecule has 0 bridgehead atoms. The molecule has 0 saturated carbocycles. The number of carbonyl (C=O) groups is 4. The van der Waals surface area contributed by atoms with Crippen molar-refractivity contribution < 1.29 is 28.0 Å². The minimum atomic E-state index is -1.03. The van der Waals surface area contributed by atoms with Crippen LogP contribution in [0.2, 0.25) is 0 Å². The summed E-state index contributed by atoms with van der Waals surface area (Å²) in [6.45, 7) is 10.8. The fourth-order valence-corrected chi connectivity index (χ4v) is 5.72. The number of hydrogen-bond acceptors (Lipinski definition) is 5. The fourth-order valence-electron chi connectivity index (χ4n) is 5.72. The van der Waals surface area contributed by atoms with Crippen molar-refractivity contribution in [1.82, 2.24) is 20.9 Å². The summed E-state index contributed by atoms with van der Waals surface area (Å²) in [5.74, 6) is -4.28. The van der Waals surface area contributed by atoms with Crippen LogP contribution in [-0.2, 0) is 22.6 Å². The average Bonchev–Trinajstić information content (AvgIpc) is 3.10. The Morgan fingerprint density at radius 1 is 0.760 bits per heavy atom. The summed E-state index contributed by atoms with van der Waals surface area (Å²) in [6, 6.07) is 16.9. The monoisotopic (exact) mass is 691 g/mol. The number of rotatable bonds is 18. The van der Waals surface area contributed by atoms with E-state index in [9.17, 15) is 28.0 Å². The van der Waals surface area contributed by atoms with E-state index in [1.807, 2.05) is 58.0 Å². The first-order valence-electron chi connectivity index (χ1n) is 17.4. The summed E-state index contributed by atoms with van der Waals surface area (Å²) < 4.78 is 27.9. The normalized spacial score (nSPS) is 13.5. The SMILES string of the molecule is CCCN(CCC)C(=O)c1cccc(C(=O)NC(Cc2ccc(F)c(F)c2)C(N)CC(C)C(=O)NC(C(=O)NCc2ccccc2)C(C)C)c1. The van der Waals surface area contributed by atoms with Crippen LogP contribution in [0.1, 0.15) is 85.7 Å². The van der Waals surface area contributed by atoms with Crippen molar-refractivity contribution in [3.8, 4) is 0 Å². The van der Waals surface area contributed by atoms with Gasteiger partial charge in [0.2, 0.25) is 11.8 Å². The highest BCUT2D eigenvalue weighted by atomic mass is 19.2. The molecule has 11 heteroatoms. The Labute approximate surface area is 294 Å². The lowest BCUT2D eigenvalue weighted by Crippen LogP contribution is -2.53. The maximum Gasteiger partial charge on any atom is 0.253 e. The molecule has 0 spiro atoms. The van der Waals surface area contributed by atoms with E-state index in [0.717, 1.165) is 30.5 Å². The van der Waals surface area contributed by atoms with Crippen LogP contribution >= 0.6 is 0 Å². The van der Waals surface area contributed by atoms with Gasteiger partial charge in [-0.25, -0.2) is 8.78 Å². The van der Waals surface area contributed by atoms with Crippen molar-refractivity contribution in [3.63, 3.8) is 0 Å². The Balaban J connectivity index is 1.76. The molecule has 3 rings (SSSR count). The fraction of sp³-hybridized carbons (Fsp3) is 0.436. The number of nitrogens with one attached hydrogen (secondary N) is 3. The first-order valence-corrected chi connectivity index (χ1v) is 17.4. The molecule has 0 aliphatic heterocycles. The van der Waals surface area contributed by atoms with Crippen molar-refractivity contribution >= 4 is 23.6 Å². The molecule has 270 valence electrons. The molecule has 9 nitrogen and oxygen atoms in total. The van der Waals surface area contributed by atoms with Gasteiger partial charge >= 0.3 is 0 Å². The number of carbonyl (C=O) groups excluding carboxylic acids is 4. The van der Waals surface area contributed by atoms with Gasteiger partial charge in [0, 0.05) is 48.8 Å². The van der Waals surface area contributed by atoms with Crippen LogP contribution in [0.3, 0.4) is 0 Å². The second kappa shape index (κ2) is 19.5. The standard InChI is InChI=1S/C39H51F2N5O4/c1-6-18-46(19-7-2)39(50)30-15-11-14-29(23-30)37(48)44-34(22-28-16-17-31(40)32(41)21-28)33(42)20-26(5)36(47)45-35(25(3)4)38(49)43-24-27-12-9-8-10-13-27/h8-17,21,23,25-26,33-35H,6-7,18-20,22,24,42H2,1-5H3,(H,43,49)(H,44,48)(H,45,47). The predicted octanol–water partition coefficient (Wildman–Crippen LogP) is 5.38. The molecule has 0 heterocycles. The summed E-state index contributed by atoms with van der Waals surface area (Å²) in [5.41, 5.74) is 8.58. The van der Waals surface area contributed by atoms with Gasteiger partial charge in [0.25, 0.3) is 11.8 Å². The maximum absolute atomic E-state index is 14.2. The van der Waals surface area contributed by atoms with Crippen LogP contribution in [0, 0.1) is 23.5 Å². The number of hydrogen-bond donors (Lipinski definition) is 4. The van der Waals surface area contributed by atoms with E-state index in [-0.39, 0.29) is 42.0 Å². The van der Waals surface area contributed by atoms with Gasteiger partial charge in [-0.2, -0.15) is 0 Å². The van der Waals surface area contributed by atoms with Gasteiger partial charge < -0.3 is 26.6 Å². The van der Waals surface area contributed by atoms with Crippen molar-refractivity contribution in [1.29, 1.82) is 0 Å². The van der Waals surface area contributed by atoms with Gasteiger partial charge in [0.1, 0.15) is 6.04 Å². The molecule has 50 heavy (non-hydrogen) atoms. The van der Waals surface area contributed by atoms with Gasteiger partial charge in [-0.1, -0.05) is 77.1 Å². The number of amides is 4. The highest BCUT2D eigenvalue weighted by Gasteiger charge is 2.30. The molecule has 5 N–H and O–H groups in total. The molecule has 0 aliphatic carbocycles. The topological polar surface area (TPSA) is 134 Å². The average molecular weight is 692 g/mol. The summed E-state index contributed by atoms with van der Waals surface area (Å²) in [6.07, 6.45) is 1.75. The van der Waals surface area contributed by atoms with Gasteiger partial charge in [-0.3, -0.25) is 19.2 Å². The van der Waals surface area contributed by atoms with Gasteiger partial charge in [-0.05, 0) is 73.1 Å². The van der Waals surface area contributed by atoms with Gasteiger partial charge in [-0.15, -0.1) is 0 Å². The molecule has 3 aromatic rings. The van der Waals surface area contributed by atoms with E-state index < -0.39 is 41.6 Å². The number of halogens is 2. The third-order valence-electron chi connectivity index (χ3n) is 8.55. The Hall–Kier alpha value is -4.64. The van der Waals surface area contributed by atoms with E-state index in [1.165, 1.54) is 12.1 Å². The first kappa shape index (κ1) is 39.8. The molecule has 0 saturated heterocycles. The van der Waals surface area contributed by atoms with Crippen molar-refractivity contribution in [2.24, 2.45) is 17.6 Å². The summed E-state index contributed by atoms with van der Waals surface area (Å²) in [5, 5.41) is 8.64. The Morgan fingerprint density at radius 3 is 2.04 bits per heavy atom. The zero-order valence-electron chi connectivity index (χ0n) is 29.7. The van der Waals surface area contributed by atoms with E-state index in [4.69, 9.17) is 5.73 Å². The Morgan fingerprint density at radius 2 is 1.42 bits per heavy atom. The smallest absolute Gasteiger partial charge is 0.253 e. The van der Waals surface area contributed by atoms with Gasteiger partial charge in [0.05, 0.1) is 0 Å². The highest BCUT2D eigenvalue weighted by Crippen LogP contribution is 2.17. The van der Waals surface area contributed by atoms with Crippen molar-refractivity contribution in [2.75, 3.05) is 13.1 Å². The lowest BCUT2D eigenvalue weighted by Gasteiger charge is -2.29. The van der Waals surface area contributed by atoms with Crippen molar-refractivity contribution in [3.05, 3.63) is 107 Å². The highest BCUT2D eigenvalue weighted by molar-refractivity contribution is 5.99. The quantitative estimate of drug-likeness (QED) is 0.142. The van der Waals surface area contributed by atoms with Crippen LogP contribution < -0.4 is 21.7 Å². The molecular weight excluding hydrogens is 640 g/mol. The number of nitrogens with two attached hydrogens (primary N) is 1. The summed E-state index contributed by atoms with van der Waals surface area (Å²) in [4.78, 5) is 55.0. The molecule has 0 aliphatic rings. The van der Waals surface area contributed by atoms with Crippen LogP contribution in [-0.4, -0.2) is 59.7 Å². The second-order valence-corrected chi connectivity index (χ2v) is 13.1. The molecule has 3 aromatic carbocycles. The van der Waals surface area contributed by atoms with Crippen LogP contribution in [0.25, 0.3) is 0 Å². The molecule has 0 aromatic heterocycles. The summed E-state index contributed by atoms with van der Waals surface area (Å²) >= 11 is 0. The minimum absolute atomic E-state index is 0.0500. The molecule has 0 fully saturated rings. The summed E-state index contributed by atoms with van der Waals surface area (Å²) in [7, 11) is 0. The van der Waals surface area contributed by atoms with E-state index >= 15 is 0 Å². The minimum Gasteiger partial charge on any atom is -0.350 e. The van der Waals surface area contributed by atoms with Gasteiger partial charge in [0.15, 0.2) is 11.6 Å². The predicted molar refractivity (Wildman–Crippen MR) is 191 cm³/mol. The largest absolute Gasteiger partial charge is 0.350 e. The zero-order valence-corrected chi connectivity index (χ0v) is 29.7. The lowest BCUT2D eigenvalue weighted by atomic mass is 9.91. The first-order chi connectivity index (χ1) is 23.8. The third kappa shape index (κ3) is 11.8. The maximum atomic E-state index is 14.2. The molecule has 0 radical (unpaired) electrons. The molecule has 4 atom stereocenters. The lowest BCUT2D eigenvalue weighted by molar-refractivity contribution is -0.132. The van der Waals surface area contributed by atoms with Crippen LogP contribution in [0.4, 0.5) is 8.78 Å². The van der Waals surface area contributed by atoms with E-state index in [1.54, 1.807) is 30.0 Å². The second-order valence-electron chi connectivity index (χ2n) is 13.1. The van der Waals surface area contributed by atoms with Crippen molar-refractivity contribution in [2.45, 2.75) is 85.0 Å². The molecule has 4 unspecified atom stereocenters. The van der Waals surface area contributed by atoms with Crippen LogP contribution in [0.15, 0.2) is 72.8 Å². The molecular formula is C39H51F2N5O4. The molecule has 4 amide bonds. The van der Waals surface area contributed by atoms with E-state index in [2.05, 4.69) is 16.0 Å². The van der Waals surface area contributed by atoms with Crippen LogP contribution in [0.5, 0.6) is 0 Å². The zero-order chi connectivity index (χ0) is 36.8. The number of benzene rings is 3. The number of nitrogens with zero attached hydrogens (tertiary/aromatic N) is 1. The third-order valence-corrected chi connectivity index (χ3v) is 8.55. The Kier molecular flexibility index (Phi) is 15.5.